The van der Waals surface area contributed by atoms with Gasteiger partial charge in [0, 0.05) is 20.1 Å². The molecular formula is C23H24FN5O8. The van der Waals surface area contributed by atoms with Gasteiger partial charge in [-0.1, -0.05) is 5.16 Å². The lowest BCUT2D eigenvalue weighted by Gasteiger charge is -2.55. The number of urea groups is 1. The third kappa shape index (κ3) is 3.25. The summed E-state index contributed by atoms with van der Waals surface area (Å²) in [5.74, 6) is -2.26. The number of nitrogens with zero attached hydrogens (tertiary/aromatic N) is 3. The number of fused-ring (bicyclic) bond motifs is 5. The predicted molar refractivity (Wildman–Crippen MR) is 122 cm³/mol. The lowest BCUT2D eigenvalue weighted by atomic mass is 9.66. The fraction of sp³-hybridized carbons (Fsp3) is 0.522. The molecule has 2 aromatic rings. The van der Waals surface area contributed by atoms with E-state index in [1.54, 1.807) is 24.8 Å². The normalized spacial score (nSPS) is 28.8. The number of carbonyl (C=O) groups excluding carboxylic acids is 4. The zero-order valence-electron chi connectivity index (χ0n) is 20.2. The summed E-state index contributed by atoms with van der Waals surface area (Å²) in [4.78, 5) is 53.9. The number of imide groups is 2. The maximum absolute atomic E-state index is 16.2. The smallest absolute Gasteiger partial charge is 0.416 e. The van der Waals surface area contributed by atoms with Crippen molar-refractivity contribution in [3.8, 4) is 0 Å². The van der Waals surface area contributed by atoms with Gasteiger partial charge in [0.1, 0.15) is 6.10 Å². The maximum Gasteiger partial charge on any atom is 0.416 e. The van der Waals surface area contributed by atoms with Crippen LogP contribution in [0.15, 0.2) is 10.6 Å². The minimum absolute atomic E-state index is 0.0490. The monoisotopic (exact) mass is 517 g/mol. The van der Waals surface area contributed by atoms with Crippen molar-refractivity contribution in [3.05, 3.63) is 17.4 Å². The van der Waals surface area contributed by atoms with Gasteiger partial charge in [0.25, 0.3) is 0 Å². The highest BCUT2D eigenvalue weighted by molar-refractivity contribution is 6.20. The Labute approximate surface area is 209 Å². The average Bonchev–Trinajstić information content (AvgIpc) is 3.40. The molecule has 196 valence electrons. The summed E-state index contributed by atoms with van der Waals surface area (Å²) in [6.07, 6.45) is -2.45. The second kappa shape index (κ2) is 8.11. The number of amides is 5. The number of aromatic nitrogens is 1. The molecule has 0 unspecified atom stereocenters. The van der Waals surface area contributed by atoms with Gasteiger partial charge in [-0.2, -0.15) is 0 Å². The molecule has 0 radical (unpaired) electrons. The molecule has 0 saturated carbocycles. The number of morpholine rings is 1. The molecule has 5 heterocycles. The molecule has 6 rings (SSSR count). The number of ether oxygens (including phenoxy) is 3. The minimum atomic E-state index is -1.77. The Morgan fingerprint density at radius 1 is 1.19 bits per heavy atom. The second-order valence-electron chi connectivity index (χ2n) is 9.79. The second-order valence-corrected chi connectivity index (χ2v) is 9.79. The Kier molecular flexibility index (Phi) is 5.18. The molecule has 0 aliphatic carbocycles. The molecule has 2 N–H and O–H groups in total. The van der Waals surface area contributed by atoms with Crippen LogP contribution in [0.5, 0.6) is 0 Å². The van der Waals surface area contributed by atoms with Crippen LogP contribution in [0, 0.1) is 11.2 Å². The van der Waals surface area contributed by atoms with E-state index < -0.39 is 53.4 Å². The van der Waals surface area contributed by atoms with Gasteiger partial charge in [-0.3, -0.25) is 25.1 Å². The molecule has 0 bridgehead atoms. The van der Waals surface area contributed by atoms with E-state index in [2.05, 4.69) is 15.8 Å². The lowest BCUT2D eigenvalue weighted by Crippen LogP contribution is -2.75. The average molecular weight is 517 g/mol. The molecule has 37 heavy (non-hydrogen) atoms. The predicted octanol–water partition coefficient (Wildman–Crippen LogP) is 0.829. The first-order chi connectivity index (χ1) is 17.6. The van der Waals surface area contributed by atoms with E-state index in [0.29, 0.717) is 5.56 Å². The van der Waals surface area contributed by atoms with Crippen molar-refractivity contribution in [2.45, 2.75) is 44.6 Å². The van der Waals surface area contributed by atoms with Crippen LogP contribution in [-0.2, 0) is 30.2 Å². The highest BCUT2D eigenvalue weighted by Crippen LogP contribution is 2.49. The van der Waals surface area contributed by atoms with E-state index in [4.69, 9.17) is 18.7 Å². The van der Waals surface area contributed by atoms with Crippen LogP contribution < -0.4 is 20.4 Å². The number of cyclic esters (lactones) is 1. The molecule has 1 aromatic carbocycles. The molecular weight excluding hydrogens is 493 g/mol. The van der Waals surface area contributed by atoms with Crippen molar-refractivity contribution in [2.24, 2.45) is 5.41 Å². The summed E-state index contributed by atoms with van der Waals surface area (Å²) in [6, 6.07) is -0.255. The molecule has 14 heteroatoms. The number of hydrogen-bond donors (Lipinski definition) is 2. The van der Waals surface area contributed by atoms with Crippen LogP contribution in [0.4, 0.5) is 25.5 Å². The fourth-order valence-electron chi connectivity index (χ4n) is 6.10. The summed E-state index contributed by atoms with van der Waals surface area (Å²) in [6.45, 7) is 3.97. The Morgan fingerprint density at radius 3 is 2.62 bits per heavy atom. The van der Waals surface area contributed by atoms with E-state index in [-0.39, 0.29) is 54.7 Å². The summed E-state index contributed by atoms with van der Waals surface area (Å²) in [5, 5.41) is 8.52. The first-order valence-corrected chi connectivity index (χ1v) is 11.8. The third-order valence-corrected chi connectivity index (χ3v) is 7.43. The van der Waals surface area contributed by atoms with Crippen LogP contribution >= 0.6 is 0 Å². The maximum atomic E-state index is 16.2. The van der Waals surface area contributed by atoms with E-state index in [1.807, 2.05) is 0 Å². The standard InChI is InChI=1S/C23H24FN5O8/c1-9-6-28-15-11(5-23(17(28)10(2)35-9)19(30)25-21(32)26-20(23)31)4-13-16(14(15)24)37-27-18(13)29-7-12(8-34-3)36-22(29)33/h4,9-10,12,17H,5-8H2,1-3H3,(H2,25,26,30,31,32)/t9-,10+,12-,17-/m1/s1. The number of hydrogen-bond acceptors (Lipinski definition) is 10. The molecule has 3 fully saturated rings. The first-order valence-electron chi connectivity index (χ1n) is 11.8. The number of barbiturate groups is 1. The third-order valence-electron chi connectivity index (χ3n) is 7.43. The van der Waals surface area contributed by atoms with Gasteiger partial charge in [0.05, 0.1) is 42.5 Å². The summed E-state index contributed by atoms with van der Waals surface area (Å²) in [7, 11) is 1.48. The van der Waals surface area contributed by atoms with Gasteiger partial charge >= 0.3 is 12.1 Å². The minimum Gasteiger partial charge on any atom is -0.441 e. The number of halogens is 1. The zero-order valence-corrected chi connectivity index (χ0v) is 20.2. The number of rotatable bonds is 3. The molecule has 13 nitrogen and oxygen atoms in total. The van der Waals surface area contributed by atoms with E-state index >= 15 is 4.39 Å². The van der Waals surface area contributed by atoms with Crippen molar-refractivity contribution in [2.75, 3.05) is 36.6 Å². The fourth-order valence-corrected chi connectivity index (χ4v) is 6.10. The highest BCUT2D eigenvalue weighted by Gasteiger charge is 2.63. The number of nitrogens with one attached hydrogen (secondary N) is 2. The molecule has 4 aliphatic rings. The van der Waals surface area contributed by atoms with Crippen molar-refractivity contribution in [3.63, 3.8) is 0 Å². The Balaban J connectivity index is 1.52. The highest BCUT2D eigenvalue weighted by atomic mass is 19.1. The number of methoxy groups -OCH3 is 1. The van der Waals surface area contributed by atoms with E-state index in [9.17, 15) is 19.2 Å². The van der Waals surface area contributed by atoms with Crippen LogP contribution in [0.25, 0.3) is 11.0 Å². The van der Waals surface area contributed by atoms with Crippen molar-refractivity contribution in [1.29, 1.82) is 0 Å². The van der Waals surface area contributed by atoms with Gasteiger partial charge in [-0.15, -0.1) is 0 Å². The quantitative estimate of drug-likeness (QED) is 0.560. The van der Waals surface area contributed by atoms with Crippen LogP contribution in [-0.4, -0.2) is 80.3 Å². The van der Waals surface area contributed by atoms with Gasteiger partial charge in [-0.05, 0) is 25.5 Å². The van der Waals surface area contributed by atoms with Gasteiger partial charge in [-0.25, -0.2) is 14.0 Å². The zero-order chi connectivity index (χ0) is 26.2. The van der Waals surface area contributed by atoms with E-state index in [1.165, 1.54) is 12.0 Å². The molecule has 3 saturated heterocycles. The van der Waals surface area contributed by atoms with Crippen LogP contribution in [0.2, 0.25) is 0 Å². The molecule has 1 spiro atoms. The van der Waals surface area contributed by atoms with Gasteiger partial charge in [0.2, 0.25) is 17.4 Å². The van der Waals surface area contributed by atoms with Crippen molar-refractivity contribution < 1.29 is 42.3 Å². The number of benzene rings is 1. The Bertz CT molecular complexity index is 1340. The largest absolute Gasteiger partial charge is 0.441 e. The molecule has 4 atom stereocenters. The van der Waals surface area contributed by atoms with Gasteiger partial charge in [0.15, 0.2) is 17.1 Å². The van der Waals surface area contributed by atoms with Crippen molar-refractivity contribution in [1.82, 2.24) is 15.8 Å². The molecule has 1 aromatic heterocycles. The Hall–Kier alpha value is -3.78. The van der Waals surface area contributed by atoms with Crippen LogP contribution in [0.3, 0.4) is 0 Å². The molecule has 4 aliphatic heterocycles. The number of anilines is 2. The summed E-state index contributed by atoms with van der Waals surface area (Å²) < 4.78 is 37.8. The summed E-state index contributed by atoms with van der Waals surface area (Å²) >= 11 is 0. The number of carbonyl (C=O) groups is 4. The van der Waals surface area contributed by atoms with E-state index in [0.717, 1.165) is 0 Å². The van der Waals surface area contributed by atoms with Crippen molar-refractivity contribution >= 4 is 46.4 Å². The SMILES string of the molecule is COC[C@H]1CN(c2noc3c(F)c4c(cc23)CC2(C(=O)NC(=O)NC2=O)[C@H]2[C@H](C)O[C@H](C)CN42)C(=O)O1. The van der Waals surface area contributed by atoms with Gasteiger partial charge < -0.3 is 23.6 Å². The van der Waals surface area contributed by atoms with Crippen LogP contribution in [0.1, 0.15) is 19.4 Å². The molecule has 5 amide bonds. The first kappa shape index (κ1) is 23.6. The topological polar surface area (TPSA) is 153 Å². The Morgan fingerprint density at radius 2 is 1.92 bits per heavy atom. The summed E-state index contributed by atoms with van der Waals surface area (Å²) in [5.41, 5.74) is -1.46. The lowest BCUT2D eigenvalue weighted by molar-refractivity contribution is -0.153.